The van der Waals surface area contributed by atoms with Gasteiger partial charge in [-0.3, -0.25) is 0 Å². The van der Waals surface area contributed by atoms with Crippen molar-refractivity contribution in [2.24, 2.45) is 5.92 Å². The van der Waals surface area contributed by atoms with Crippen LogP contribution >= 0.6 is 0 Å². The molecular formula is C13H23N3. The molecule has 1 heterocycles. The molecule has 3 N–H and O–H groups in total. The Kier molecular flexibility index (Phi) is 5.26. The molecule has 3 heteroatoms. The first-order valence-electron chi connectivity index (χ1n) is 6.01. The van der Waals surface area contributed by atoms with Crippen molar-refractivity contribution in [3.8, 4) is 0 Å². The van der Waals surface area contributed by atoms with Gasteiger partial charge < -0.3 is 11.1 Å². The van der Waals surface area contributed by atoms with Gasteiger partial charge >= 0.3 is 0 Å². The molecule has 16 heavy (non-hydrogen) atoms. The normalized spacial score (nSPS) is 11.0. The minimum atomic E-state index is 0.675. The Hall–Kier alpha value is -1.09. The van der Waals surface area contributed by atoms with Crippen molar-refractivity contribution >= 4 is 5.82 Å². The van der Waals surface area contributed by atoms with E-state index in [1.54, 1.807) is 0 Å². The Bertz CT molecular complexity index is 321. The van der Waals surface area contributed by atoms with Gasteiger partial charge in [-0.05, 0) is 49.9 Å². The third-order valence-electron chi connectivity index (χ3n) is 2.49. The standard InChI is InChI=1S/C13H23N3/c1-10(2)8-15-6-4-5-12-7-11(3)9-16-13(12)14/h7,9-10,15H,4-6,8H2,1-3H3,(H2,14,16). The summed E-state index contributed by atoms with van der Waals surface area (Å²) in [6, 6.07) is 2.13. The number of aryl methyl sites for hydroxylation is 2. The number of hydrogen-bond donors (Lipinski definition) is 2. The molecule has 0 aromatic carbocycles. The van der Waals surface area contributed by atoms with Gasteiger partial charge in [-0.25, -0.2) is 4.98 Å². The minimum absolute atomic E-state index is 0.675. The summed E-state index contributed by atoms with van der Waals surface area (Å²) in [5.41, 5.74) is 8.17. The predicted molar refractivity (Wildman–Crippen MR) is 69.4 cm³/mol. The first-order chi connectivity index (χ1) is 7.59. The molecule has 0 amide bonds. The number of nitrogens with one attached hydrogen (secondary N) is 1. The van der Waals surface area contributed by atoms with E-state index >= 15 is 0 Å². The fraction of sp³-hybridized carbons (Fsp3) is 0.615. The lowest BCUT2D eigenvalue weighted by atomic mass is 10.1. The molecule has 0 aliphatic rings. The Morgan fingerprint density at radius 3 is 2.88 bits per heavy atom. The van der Waals surface area contributed by atoms with Gasteiger partial charge in [-0.1, -0.05) is 19.9 Å². The number of aromatic nitrogens is 1. The van der Waals surface area contributed by atoms with Crippen molar-refractivity contribution < 1.29 is 0 Å². The highest BCUT2D eigenvalue weighted by Gasteiger charge is 2.00. The van der Waals surface area contributed by atoms with Gasteiger partial charge in [0.1, 0.15) is 5.82 Å². The van der Waals surface area contributed by atoms with Crippen LogP contribution in [-0.2, 0) is 6.42 Å². The van der Waals surface area contributed by atoms with Gasteiger partial charge in [-0.2, -0.15) is 0 Å². The molecule has 1 rings (SSSR count). The van der Waals surface area contributed by atoms with Crippen LogP contribution in [0.5, 0.6) is 0 Å². The van der Waals surface area contributed by atoms with Crippen LogP contribution in [0, 0.1) is 12.8 Å². The molecule has 0 fully saturated rings. The predicted octanol–water partition coefficient (Wildman–Crippen LogP) is 2.15. The maximum Gasteiger partial charge on any atom is 0.126 e. The van der Waals surface area contributed by atoms with Crippen molar-refractivity contribution in [1.29, 1.82) is 0 Å². The molecule has 0 atom stereocenters. The van der Waals surface area contributed by atoms with Gasteiger partial charge in [0.25, 0.3) is 0 Å². The van der Waals surface area contributed by atoms with E-state index in [9.17, 15) is 0 Å². The van der Waals surface area contributed by atoms with Crippen LogP contribution in [0.2, 0.25) is 0 Å². The fourth-order valence-electron chi connectivity index (χ4n) is 1.64. The first kappa shape index (κ1) is 13.0. The maximum absolute atomic E-state index is 5.82. The van der Waals surface area contributed by atoms with Crippen LogP contribution < -0.4 is 11.1 Å². The Balaban J connectivity index is 2.29. The molecule has 0 spiro atoms. The van der Waals surface area contributed by atoms with Crippen LogP contribution in [0.25, 0.3) is 0 Å². The molecule has 90 valence electrons. The summed E-state index contributed by atoms with van der Waals surface area (Å²) in [7, 11) is 0. The van der Waals surface area contributed by atoms with Crippen LogP contribution in [0.15, 0.2) is 12.3 Å². The highest BCUT2D eigenvalue weighted by Crippen LogP contribution is 2.12. The second-order valence-electron chi connectivity index (χ2n) is 4.76. The number of nitrogen functional groups attached to an aromatic ring is 1. The lowest BCUT2D eigenvalue weighted by Crippen LogP contribution is -2.21. The quantitative estimate of drug-likeness (QED) is 0.724. The Labute approximate surface area is 98.5 Å². The number of rotatable bonds is 6. The van der Waals surface area contributed by atoms with E-state index in [0.717, 1.165) is 25.9 Å². The summed E-state index contributed by atoms with van der Waals surface area (Å²) >= 11 is 0. The summed E-state index contributed by atoms with van der Waals surface area (Å²) in [5, 5.41) is 3.43. The highest BCUT2D eigenvalue weighted by molar-refractivity contribution is 5.40. The molecule has 0 saturated heterocycles. The van der Waals surface area contributed by atoms with Gasteiger partial charge in [0.2, 0.25) is 0 Å². The zero-order chi connectivity index (χ0) is 12.0. The smallest absolute Gasteiger partial charge is 0.126 e. The molecule has 0 aliphatic heterocycles. The van der Waals surface area contributed by atoms with Crippen LogP contribution in [0.1, 0.15) is 31.4 Å². The lowest BCUT2D eigenvalue weighted by Gasteiger charge is -2.08. The Morgan fingerprint density at radius 2 is 2.19 bits per heavy atom. The molecule has 0 radical (unpaired) electrons. The lowest BCUT2D eigenvalue weighted by molar-refractivity contribution is 0.543. The van der Waals surface area contributed by atoms with Gasteiger partial charge in [0.15, 0.2) is 0 Å². The number of nitrogens with two attached hydrogens (primary N) is 1. The van der Waals surface area contributed by atoms with Crippen LogP contribution in [0.4, 0.5) is 5.82 Å². The largest absolute Gasteiger partial charge is 0.383 e. The van der Waals surface area contributed by atoms with Crippen molar-refractivity contribution in [3.63, 3.8) is 0 Å². The second-order valence-corrected chi connectivity index (χ2v) is 4.76. The van der Waals surface area contributed by atoms with Crippen molar-refractivity contribution in [1.82, 2.24) is 10.3 Å². The third kappa shape index (κ3) is 4.62. The van der Waals surface area contributed by atoms with E-state index in [0.29, 0.717) is 11.7 Å². The number of nitrogens with zero attached hydrogens (tertiary/aromatic N) is 1. The SMILES string of the molecule is Cc1cnc(N)c(CCCNCC(C)C)c1. The highest BCUT2D eigenvalue weighted by atomic mass is 14.9. The topological polar surface area (TPSA) is 50.9 Å². The average molecular weight is 221 g/mol. The van der Waals surface area contributed by atoms with E-state index in [2.05, 4.69) is 30.2 Å². The van der Waals surface area contributed by atoms with E-state index < -0.39 is 0 Å². The van der Waals surface area contributed by atoms with E-state index in [4.69, 9.17) is 5.73 Å². The van der Waals surface area contributed by atoms with Gasteiger partial charge in [0, 0.05) is 6.20 Å². The first-order valence-corrected chi connectivity index (χ1v) is 6.01. The molecule has 1 aromatic rings. The maximum atomic E-state index is 5.82. The summed E-state index contributed by atoms with van der Waals surface area (Å²) in [5.74, 6) is 1.39. The molecule has 0 bridgehead atoms. The molecule has 1 aromatic heterocycles. The van der Waals surface area contributed by atoms with Gasteiger partial charge in [-0.15, -0.1) is 0 Å². The summed E-state index contributed by atoms with van der Waals surface area (Å²) in [6.45, 7) is 8.62. The monoisotopic (exact) mass is 221 g/mol. The van der Waals surface area contributed by atoms with E-state index in [-0.39, 0.29) is 0 Å². The molecule has 0 saturated carbocycles. The van der Waals surface area contributed by atoms with Crippen LogP contribution in [-0.4, -0.2) is 18.1 Å². The second kappa shape index (κ2) is 6.48. The van der Waals surface area contributed by atoms with Crippen molar-refractivity contribution in [3.05, 3.63) is 23.4 Å². The summed E-state index contributed by atoms with van der Waals surface area (Å²) in [4.78, 5) is 4.16. The van der Waals surface area contributed by atoms with E-state index in [1.807, 2.05) is 13.1 Å². The Morgan fingerprint density at radius 1 is 1.44 bits per heavy atom. The number of anilines is 1. The average Bonchev–Trinajstić information content (AvgIpc) is 2.22. The van der Waals surface area contributed by atoms with Crippen molar-refractivity contribution in [2.75, 3.05) is 18.8 Å². The molecule has 0 unspecified atom stereocenters. The van der Waals surface area contributed by atoms with Crippen LogP contribution in [0.3, 0.4) is 0 Å². The minimum Gasteiger partial charge on any atom is -0.383 e. The van der Waals surface area contributed by atoms with Gasteiger partial charge in [0.05, 0.1) is 0 Å². The zero-order valence-corrected chi connectivity index (χ0v) is 10.6. The molecule has 0 aliphatic carbocycles. The molecular weight excluding hydrogens is 198 g/mol. The zero-order valence-electron chi connectivity index (χ0n) is 10.6. The van der Waals surface area contributed by atoms with E-state index in [1.165, 1.54) is 11.1 Å². The molecule has 3 nitrogen and oxygen atoms in total. The third-order valence-corrected chi connectivity index (χ3v) is 2.49. The fourth-order valence-corrected chi connectivity index (χ4v) is 1.64. The number of hydrogen-bond acceptors (Lipinski definition) is 3. The van der Waals surface area contributed by atoms with Crippen molar-refractivity contribution in [2.45, 2.75) is 33.6 Å². The summed E-state index contributed by atoms with van der Waals surface area (Å²) in [6.07, 6.45) is 3.93. The number of pyridine rings is 1. The summed E-state index contributed by atoms with van der Waals surface area (Å²) < 4.78 is 0.